The summed E-state index contributed by atoms with van der Waals surface area (Å²) in [5.41, 5.74) is 23.4. The van der Waals surface area contributed by atoms with Crippen LogP contribution < -0.4 is 9.80 Å². The summed E-state index contributed by atoms with van der Waals surface area (Å²) in [4.78, 5) is 8.81. The fraction of sp³-hybridized carbons (Fsp3) is 0.0617. The molecule has 1 unspecified atom stereocenters. The molecule has 412 valence electrons. The first kappa shape index (κ1) is 49.8. The van der Waals surface area contributed by atoms with E-state index in [4.69, 9.17) is 15.4 Å². The lowest BCUT2D eigenvalue weighted by molar-refractivity contribution is 0.668. The Kier molecular flexibility index (Phi) is 10.3. The van der Waals surface area contributed by atoms with Crippen LogP contribution in [0.25, 0.3) is 109 Å². The molecule has 0 saturated heterocycles. The summed E-state index contributed by atoms with van der Waals surface area (Å²) < 4.78 is 16.6. The lowest BCUT2D eigenvalue weighted by Gasteiger charge is -2.40. The molecular formula is C81H51N5O2. The second-order valence-corrected chi connectivity index (χ2v) is 23.9. The summed E-state index contributed by atoms with van der Waals surface area (Å²) in [7, 11) is 0. The number of anilines is 6. The molecule has 7 heteroatoms. The zero-order valence-electron chi connectivity index (χ0n) is 48.6. The van der Waals surface area contributed by atoms with Gasteiger partial charge in [0.05, 0.1) is 57.0 Å². The average Bonchev–Trinajstić information content (AvgIpc) is 1.47. The number of rotatable bonds is 6. The third kappa shape index (κ3) is 6.49. The van der Waals surface area contributed by atoms with Gasteiger partial charge in [-0.25, -0.2) is 4.85 Å². The maximum Gasteiger partial charge on any atom is 0.229 e. The molecule has 0 saturated carbocycles. The maximum atomic E-state index is 10.5. The lowest BCUT2D eigenvalue weighted by Crippen LogP contribution is -2.34. The number of benzene rings is 13. The Morgan fingerprint density at radius 3 is 1.45 bits per heavy atom. The lowest BCUT2D eigenvalue weighted by atomic mass is 9.65. The first-order chi connectivity index (χ1) is 43.2. The van der Waals surface area contributed by atoms with E-state index in [1.807, 2.05) is 24.3 Å². The van der Waals surface area contributed by atoms with Crippen LogP contribution in [0, 0.1) is 45.6 Å². The molecule has 0 radical (unpaired) electrons. The van der Waals surface area contributed by atoms with E-state index in [-0.39, 0.29) is 0 Å². The molecule has 0 N–H and O–H groups in total. The second kappa shape index (κ2) is 18.2. The molecule has 3 aromatic heterocycles. The highest BCUT2D eigenvalue weighted by Gasteiger charge is 2.53. The molecule has 7 nitrogen and oxygen atoms in total. The van der Waals surface area contributed by atoms with E-state index in [1.165, 1.54) is 55.2 Å². The SMILES string of the molecule is [C-]#[N+]c1cccc2c1oc1c(N(c3ccc(C)cc3C)c3cc4c(c5ccccc35)-c3c(cc(N(c5ccc(C)cc5C)c5cccc6c5oc5c(C#N)cccc56)c5ccccc35)C43c4ccccc4-n4c5ccccc5c5cccc3c54)cccc12. The van der Waals surface area contributed by atoms with Gasteiger partial charge in [-0.1, -0.05) is 193 Å². The number of hydrogen-bond donors (Lipinski definition) is 0. The van der Waals surface area contributed by atoms with E-state index in [9.17, 15) is 5.26 Å². The number of para-hydroxylation sites is 7. The monoisotopic (exact) mass is 1130 g/mol. The van der Waals surface area contributed by atoms with Crippen LogP contribution in [0.2, 0.25) is 0 Å². The number of nitriles is 1. The largest absolute Gasteiger partial charge is 0.465 e. The van der Waals surface area contributed by atoms with Gasteiger partial charge in [-0.15, -0.1) is 0 Å². The molecule has 2 aliphatic rings. The summed E-state index contributed by atoms with van der Waals surface area (Å²) in [6.07, 6.45) is 0. The van der Waals surface area contributed by atoms with Crippen LogP contribution >= 0.6 is 0 Å². The molecule has 0 amide bonds. The highest BCUT2D eigenvalue weighted by atomic mass is 16.3. The molecule has 13 aromatic carbocycles. The van der Waals surface area contributed by atoms with Crippen molar-refractivity contribution >= 4 is 127 Å². The quantitative estimate of drug-likeness (QED) is 0.155. The molecule has 16 aromatic rings. The first-order valence-electron chi connectivity index (χ1n) is 29.9. The van der Waals surface area contributed by atoms with Crippen LogP contribution in [0.5, 0.6) is 0 Å². The molecule has 0 bridgehead atoms. The van der Waals surface area contributed by atoms with Crippen molar-refractivity contribution in [2.45, 2.75) is 33.1 Å². The third-order valence-corrected chi connectivity index (χ3v) is 19.1. The first-order valence-corrected chi connectivity index (χ1v) is 29.9. The van der Waals surface area contributed by atoms with Crippen molar-refractivity contribution in [1.82, 2.24) is 4.57 Å². The van der Waals surface area contributed by atoms with Gasteiger partial charge >= 0.3 is 0 Å². The summed E-state index contributed by atoms with van der Waals surface area (Å²) in [5.74, 6) is 0. The fourth-order valence-corrected chi connectivity index (χ4v) is 15.7. The Hall–Kier alpha value is -11.6. The van der Waals surface area contributed by atoms with Gasteiger partial charge in [-0.2, -0.15) is 5.26 Å². The van der Waals surface area contributed by atoms with Gasteiger partial charge < -0.3 is 23.2 Å². The van der Waals surface area contributed by atoms with Crippen molar-refractivity contribution in [2.24, 2.45) is 0 Å². The zero-order chi connectivity index (χ0) is 58.8. The van der Waals surface area contributed by atoms with E-state index in [2.05, 4.69) is 265 Å². The smallest absolute Gasteiger partial charge is 0.229 e. The minimum atomic E-state index is -0.951. The normalized spacial score (nSPS) is 13.9. The van der Waals surface area contributed by atoms with Crippen LogP contribution in [-0.4, -0.2) is 4.57 Å². The number of aryl methyl sites for hydroxylation is 4. The van der Waals surface area contributed by atoms with Gasteiger partial charge in [0.25, 0.3) is 0 Å². The van der Waals surface area contributed by atoms with Crippen LogP contribution in [-0.2, 0) is 5.41 Å². The van der Waals surface area contributed by atoms with Crippen LogP contribution in [0.3, 0.4) is 0 Å². The molecule has 0 fully saturated rings. The van der Waals surface area contributed by atoms with E-state index < -0.39 is 5.41 Å². The van der Waals surface area contributed by atoms with E-state index in [0.29, 0.717) is 33.6 Å². The predicted molar refractivity (Wildman–Crippen MR) is 361 cm³/mol. The van der Waals surface area contributed by atoms with E-state index in [1.54, 1.807) is 0 Å². The van der Waals surface area contributed by atoms with Crippen LogP contribution in [0.1, 0.15) is 50.1 Å². The highest BCUT2D eigenvalue weighted by molar-refractivity contribution is 6.22. The van der Waals surface area contributed by atoms with Crippen molar-refractivity contribution in [3.63, 3.8) is 0 Å². The highest BCUT2D eigenvalue weighted by Crippen LogP contribution is 2.66. The molecule has 4 heterocycles. The third-order valence-electron chi connectivity index (χ3n) is 19.1. The van der Waals surface area contributed by atoms with Gasteiger partial charge in [-0.05, 0) is 138 Å². The van der Waals surface area contributed by atoms with Crippen molar-refractivity contribution in [1.29, 1.82) is 5.26 Å². The van der Waals surface area contributed by atoms with E-state index >= 15 is 0 Å². The van der Waals surface area contributed by atoms with Gasteiger partial charge in [-0.3, -0.25) is 0 Å². The molecule has 88 heavy (non-hydrogen) atoms. The Morgan fingerprint density at radius 1 is 0.398 bits per heavy atom. The summed E-state index contributed by atoms with van der Waals surface area (Å²) >= 11 is 0. The molecule has 1 spiro atoms. The van der Waals surface area contributed by atoms with Crippen molar-refractivity contribution in [3.8, 4) is 22.9 Å². The number of furan rings is 2. The molecule has 1 atom stereocenters. The van der Waals surface area contributed by atoms with Crippen molar-refractivity contribution < 1.29 is 8.83 Å². The average molecular weight is 1130 g/mol. The molecule has 1 aliphatic carbocycles. The number of nitrogens with zero attached hydrogens (tertiary/aromatic N) is 5. The Bertz CT molecular complexity index is 5600. The Morgan fingerprint density at radius 2 is 0.864 bits per heavy atom. The van der Waals surface area contributed by atoms with Crippen LogP contribution in [0.15, 0.2) is 245 Å². The molecule has 18 rings (SSSR count). The predicted octanol–water partition coefficient (Wildman–Crippen LogP) is 22.2. The summed E-state index contributed by atoms with van der Waals surface area (Å²) in [5, 5.41) is 21.0. The number of hydrogen-bond acceptors (Lipinski definition) is 5. The van der Waals surface area contributed by atoms with Gasteiger partial charge in [0, 0.05) is 54.5 Å². The standard InChI is InChI=1S/C81H51N5O2/c1-46-37-39-66(48(3)41-46)84(70-35-17-28-59-57-26-14-19-50(45-82)77(57)87-79(59)70)72-43-63-74(54-23-8-6-20-51(54)72)75-55-24-9-7-21-52(55)73(85(67-40-38-47(2)42-49(67)4)71-36-18-29-60-58-27-16-32-65(83-5)78(58)88-80(60)71)44-64(75)81(63)61-30-11-13-34-69(61)86-68-33-12-10-22-53(68)56-25-15-31-62(81)76(56)86/h6-44H,1-4H3. The van der Waals surface area contributed by atoms with Crippen LogP contribution in [0.4, 0.5) is 39.8 Å². The van der Waals surface area contributed by atoms with Gasteiger partial charge in [0.2, 0.25) is 5.69 Å². The topological polar surface area (TPSA) is 65.8 Å². The fourth-order valence-electron chi connectivity index (χ4n) is 15.7. The zero-order valence-corrected chi connectivity index (χ0v) is 48.6. The Balaban J connectivity index is 1.03. The van der Waals surface area contributed by atoms with Gasteiger partial charge in [0.15, 0.2) is 16.7 Å². The van der Waals surface area contributed by atoms with Gasteiger partial charge in [0.1, 0.15) is 11.7 Å². The maximum absolute atomic E-state index is 10.5. The summed E-state index contributed by atoms with van der Waals surface area (Å²) in [6.45, 7) is 16.9. The second-order valence-electron chi connectivity index (χ2n) is 23.9. The summed E-state index contributed by atoms with van der Waals surface area (Å²) in [6, 6.07) is 88.4. The van der Waals surface area contributed by atoms with Crippen molar-refractivity contribution in [2.75, 3.05) is 9.80 Å². The van der Waals surface area contributed by atoms with Crippen molar-refractivity contribution in [3.05, 3.63) is 298 Å². The minimum Gasteiger partial charge on any atom is -0.465 e. The Labute approximate surface area is 506 Å². The molecular weight excluding hydrogens is 1070 g/mol. The number of fused-ring (bicyclic) bond motifs is 22. The molecule has 1 aliphatic heterocycles. The number of aromatic nitrogens is 1. The minimum absolute atomic E-state index is 0.480. The van der Waals surface area contributed by atoms with E-state index in [0.717, 1.165) is 105 Å².